The van der Waals surface area contributed by atoms with Gasteiger partial charge in [-0.1, -0.05) is 38.2 Å². The molecule has 0 unspecified atom stereocenters. The quantitative estimate of drug-likeness (QED) is 0.206. The van der Waals surface area contributed by atoms with E-state index >= 15 is 0 Å². The Balaban J connectivity index is 3.69. The van der Waals surface area contributed by atoms with E-state index < -0.39 is 0 Å². The highest BCUT2D eigenvalue weighted by Crippen LogP contribution is 1.93. The maximum atomic E-state index is 3.96. The maximum absolute atomic E-state index is 3.96. The number of nitrogens with zero attached hydrogens (tertiary/aromatic N) is 3. The van der Waals surface area contributed by atoms with Crippen molar-refractivity contribution in [2.24, 2.45) is 4.99 Å². The Labute approximate surface area is 155 Å². The van der Waals surface area contributed by atoms with Crippen LogP contribution in [-0.2, 0) is 0 Å². The van der Waals surface area contributed by atoms with Crippen LogP contribution in [0.2, 0.25) is 0 Å². The smallest absolute Gasteiger partial charge is 0.0650 e. The minimum Gasteiger partial charge on any atom is -0.378 e. The van der Waals surface area contributed by atoms with Gasteiger partial charge in [-0.25, -0.2) is 0 Å². The summed E-state index contributed by atoms with van der Waals surface area (Å²) in [7, 11) is 3.95. The zero-order chi connectivity index (χ0) is 18.8. The van der Waals surface area contributed by atoms with Gasteiger partial charge in [0.1, 0.15) is 0 Å². The first-order chi connectivity index (χ1) is 12.1. The molecule has 0 atom stereocenters. The number of rotatable bonds is 15. The maximum Gasteiger partial charge on any atom is 0.0650 e. The van der Waals surface area contributed by atoms with Crippen molar-refractivity contribution in [1.29, 1.82) is 0 Å². The Morgan fingerprint density at radius 2 is 1.80 bits per heavy atom. The van der Waals surface area contributed by atoms with Crippen LogP contribution in [0.25, 0.3) is 0 Å². The average Bonchev–Trinajstić information content (AvgIpc) is 2.61. The largest absolute Gasteiger partial charge is 0.378 e. The van der Waals surface area contributed by atoms with Crippen molar-refractivity contribution < 1.29 is 0 Å². The van der Waals surface area contributed by atoms with E-state index in [4.69, 9.17) is 0 Å². The van der Waals surface area contributed by atoms with E-state index in [0.29, 0.717) is 0 Å². The molecular formula is C20H39N5. The Hall–Kier alpha value is -1.43. The topological polar surface area (TPSA) is 42.9 Å². The molecule has 0 spiro atoms. The monoisotopic (exact) mass is 349 g/mol. The molecule has 0 aliphatic carbocycles. The van der Waals surface area contributed by atoms with Crippen LogP contribution in [0.5, 0.6) is 0 Å². The molecule has 25 heavy (non-hydrogen) atoms. The summed E-state index contributed by atoms with van der Waals surface area (Å²) in [4.78, 5) is 8.78. The minimum atomic E-state index is 0.757. The summed E-state index contributed by atoms with van der Waals surface area (Å²) in [5.41, 5.74) is 1.12. The Bertz CT molecular complexity index is 412. The van der Waals surface area contributed by atoms with Crippen LogP contribution in [-0.4, -0.2) is 76.0 Å². The SMILES string of the molecule is CCN(C)CCN(CC)C/C=C/C/C=C\CNCNC=C(C)C=NC. The molecule has 0 rings (SSSR count). The molecule has 0 aliphatic rings. The number of hydrogen-bond donors (Lipinski definition) is 2. The molecule has 0 aromatic carbocycles. The van der Waals surface area contributed by atoms with Crippen molar-refractivity contribution in [2.75, 3.05) is 60.0 Å². The molecule has 0 saturated heterocycles. The van der Waals surface area contributed by atoms with E-state index in [1.807, 2.05) is 19.3 Å². The molecule has 0 aromatic rings. The zero-order valence-corrected chi connectivity index (χ0v) is 17.0. The van der Waals surface area contributed by atoms with Gasteiger partial charge in [0.05, 0.1) is 6.67 Å². The first-order valence-electron chi connectivity index (χ1n) is 9.37. The minimum absolute atomic E-state index is 0.757. The average molecular weight is 350 g/mol. The van der Waals surface area contributed by atoms with Gasteiger partial charge in [-0.2, -0.15) is 0 Å². The second-order valence-corrected chi connectivity index (χ2v) is 6.08. The molecule has 0 fully saturated rings. The van der Waals surface area contributed by atoms with Crippen LogP contribution in [0, 0.1) is 0 Å². The van der Waals surface area contributed by atoms with E-state index in [9.17, 15) is 0 Å². The normalized spacial score (nSPS) is 13.3. The molecule has 144 valence electrons. The summed E-state index contributed by atoms with van der Waals surface area (Å²) in [6.45, 7) is 13.6. The van der Waals surface area contributed by atoms with E-state index in [-0.39, 0.29) is 0 Å². The van der Waals surface area contributed by atoms with Crippen molar-refractivity contribution in [2.45, 2.75) is 27.2 Å². The highest BCUT2D eigenvalue weighted by molar-refractivity contribution is 5.77. The van der Waals surface area contributed by atoms with Crippen LogP contribution in [0.3, 0.4) is 0 Å². The number of hydrogen-bond acceptors (Lipinski definition) is 5. The van der Waals surface area contributed by atoms with Crippen molar-refractivity contribution in [3.63, 3.8) is 0 Å². The second-order valence-electron chi connectivity index (χ2n) is 6.08. The summed E-state index contributed by atoms with van der Waals surface area (Å²) in [5, 5.41) is 6.51. The van der Waals surface area contributed by atoms with Gasteiger partial charge in [0.15, 0.2) is 0 Å². The predicted molar refractivity (Wildman–Crippen MR) is 112 cm³/mol. The van der Waals surface area contributed by atoms with Gasteiger partial charge in [0.2, 0.25) is 0 Å². The molecule has 0 saturated carbocycles. The molecule has 0 heterocycles. The zero-order valence-electron chi connectivity index (χ0n) is 17.0. The Kier molecular flexibility index (Phi) is 16.4. The molecule has 0 aliphatic heterocycles. The van der Waals surface area contributed by atoms with Gasteiger partial charge >= 0.3 is 0 Å². The molecule has 0 aromatic heterocycles. The molecule has 2 N–H and O–H groups in total. The van der Waals surface area contributed by atoms with Crippen LogP contribution in [0.15, 0.2) is 41.1 Å². The van der Waals surface area contributed by atoms with Gasteiger partial charge in [-0.15, -0.1) is 0 Å². The third kappa shape index (κ3) is 15.8. The lowest BCUT2D eigenvalue weighted by Crippen LogP contribution is -2.33. The Morgan fingerprint density at radius 3 is 2.48 bits per heavy atom. The summed E-state index contributed by atoms with van der Waals surface area (Å²) < 4.78 is 0. The third-order valence-corrected chi connectivity index (χ3v) is 3.91. The van der Waals surface area contributed by atoms with E-state index in [2.05, 4.69) is 70.6 Å². The third-order valence-electron chi connectivity index (χ3n) is 3.91. The van der Waals surface area contributed by atoms with E-state index in [1.165, 1.54) is 0 Å². The molecule has 0 bridgehead atoms. The molecular weight excluding hydrogens is 310 g/mol. The molecule has 0 amide bonds. The van der Waals surface area contributed by atoms with Gasteiger partial charge in [0.25, 0.3) is 0 Å². The summed E-state index contributed by atoms with van der Waals surface area (Å²) in [5.74, 6) is 0. The highest BCUT2D eigenvalue weighted by atomic mass is 15.2. The van der Waals surface area contributed by atoms with Crippen LogP contribution < -0.4 is 10.6 Å². The van der Waals surface area contributed by atoms with Gasteiger partial charge in [0, 0.05) is 45.6 Å². The number of allylic oxidation sites excluding steroid dienone is 3. The van der Waals surface area contributed by atoms with Crippen LogP contribution in [0.4, 0.5) is 0 Å². The van der Waals surface area contributed by atoms with Crippen molar-refractivity contribution in [3.05, 3.63) is 36.1 Å². The van der Waals surface area contributed by atoms with Gasteiger partial charge in [-0.3, -0.25) is 15.2 Å². The van der Waals surface area contributed by atoms with Crippen molar-refractivity contribution in [1.82, 2.24) is 20.4 Å². The Morgan fingerprint density at radius 1 is 1.04 bits per heavy atom. The number of aliphatic imine (C=N–C) groups is 1. The first-order valence-corrected chi connectivity index (χ1v) is 9.37. The fraction of sp³-hybridized carbons (Fsp3) is 0.650. The fourth-order valence-corrected chi connectivity index (χ4v) is 2.11. The van der Waals surface area contributed by atoms with E-state index in [1.54, 1.807) is 7.05 Å². The highest BCUT2D eigenvalue weighted by Gasteiger charge is 2.01. The number of nitrogens with one attached hydrogen (secondary N) is 2. The molecule has 5 heteroatoms. The van der Waals surface area contributed by atoms with Crippen molar-refractivity contribution in [3.8, 4) is 0 Å². The fourth-order valence-electron chi connectivity index (χ4n) is 2.11. The summed E-state index contributed by atoms with van der Waals surface area (Å²) in [6.07, 6.45) is 13.7. The standard InChI is InChI=1S/C20H39N5/c1-6-24(5)15-16-25(7-2)14-12-10-8-9-11-13-22-19-23-18-20(3)17-21-4/h9-12,17-18,22-23H,6-8,13-16,19H2,1-5H3/b11-9-,12-10+,20-18?,21-17?. The van der Waals surface area contributed by atoms with Crippen molar-refractivity contribution >= 4 is 6.21 Å². The van der Waals surface area contributed by atoms with Gasteiger partial charge < -0.3 is 10.2 Å². The lowest BCUT2D eigenvalue weighted by atomic mass is 10.3. The predicted octanol–water partition coefficient (Wildman–Crippen LogP) is 2.50. The number of likely N-dealkylation sites (N-methyl/N-ethyl adjacent to an activating group) is 2. The summed E-state index contributed by atoms with van der Waals surface area (Å²) >= 11 is 0. The van der Waals surface area contributed by atoms with E-state index in [0.717, 1.165) is 57.9 Å². The first kappa shape index (κ1) is 23.6. The van der Waals surface area contributed by atoms with Crippen LogP contribution in [0.1, 0.15) is 27.2 Å². The lowest BCUT2D eigenvalue weighted by Gasteiger charge is -2.22. The second kappa shape index (κ2) is 17.4. The molecule has 5 nitrogen and oxygen atoms in total. The van der Waals surface area contributed by atoms with Crippen LogP contribution >= 0.6 is 0 Å². The lowest BCUT2D eigenvalue weighted by molar-refractivity contribution is 0.254. The summed E-state index contributed by atoms with van der Waals surface area (Å²) in [6, 6.07) is 0. The van der Waals surface area contributed by atoms with Gasteiger partial charge in [-0.05, 0) is 39.1 Å². The molecule has 0 radical (unpaired) electrons.